The minimum absolute atomic E-state index is 0.440. The quantitative estimate of drug-likeness (QED) is 0.884. The SMILES string of the molecule is Cc1nnc(NCc2cnc(OCC(C)C)c(Cl)c2)s1. The average molecular weight is 313 g/mol. The lowest BCUT2D eigenvalue weighted by molar-refractivity contribution is 0.261. The Hall–Kier alpha value is -1.40. The molecule has 20 heavy (non-hydrogen) atoms. The summed E-state index contributed by atoms with van der Waals surface area (Å²) in [4.78, 5) is 4.24. The number of aryl methyl sites for hydroxylation is 1. The van der Waals surface area contributed by atoms with Crippen molar-refractivity contribution in [2.24, 2.45) is 5.92 Å². The molecule has 0 atom stereocenters. The van der Waals surface area contributed by atoms with Crippen molar-refractivity contribution in [1.82, 2.24) is 15.2 Å². The fourth-order valence-corrected chi connectivity index (χ4v) is 2.29. The van der Waals surface area contributed by atoms with E-state index in [-0.39, 0.29) is 0 Å². The van der Waals surface area contributed by atoms with E-state index in [4.69, 9.17) is 16.3 Å². The number of nitrogens with zero attached hydrogens (tertiary/aromatic N) is 3. The Balaban J connectivity index is 1.94. The minimum Gasteiger partial charge on any atom is -0.476 e. The lowest BCUT2D eigenvalue weighted by Gasteiger charge is -2.10. The Bertz CT molecular complexity index is 573. The molecule has 0 fully saturated rings. The van der Waals surface area contributed by atoms with Gasteiger partial charge in [0.15, 0.2) is 0 Å². The highest BCUT2D eigenvalue weighted by Crippen LogP contribution is 2.23. The van der Waals surface area contributed by atoms with Crippen LogP contribution < -0.4 is 10.1 Å². The standard InChI is InChI=1S/C13H17ClN4OS/c1-8(2)7-19-12-11(14)4-10(5-15-12)6-16-13-18-17-9(3)20-13/h4-5,8H,6-7H2,1-3H3,(H,16,18). The Morgan fingerprint density at radius 1 is 1.40 bits per heavy atom. The molecule has 7 heteroatoms. The predicted octanol–water partition coefficient (Wildman–Crippen LogP) is 3.54. The average Bonchev–Trinajstić information content (AvgIpc) is 2.81. The Labute approximate surface area is 127 Å². The van der Waals surface area contributed by atoms with Gasteiger partial charge in [0, 0.05) is 12.7 Å². The summed E-state index contributed by atoms with van der Waals surface area (Å²) < 4.78 is 5.54. The first kappa shape index (κ1) is 15.0. The zero-order chi connectivity index (χ0) is 14.5. The summed E-state index contributed by atoms with van der Waals surface area (Å²) in [6, 6.07) is 1.85. The van der Waals surface area contributed by atoms with E-state index in [1.165, 1.54) is 11.3 Å². The van der Waals surface area contributed by atoms with Crippen LogP contribution in [-0.2, 0) is 6.54 Å². The van der Waals surface area contributed by atoms with Gasteiger partial charge >= 0.3 is 0 Å². The summed E-state index contributed by atoms with van der Waals surface area (Å²) in [5, 5.41) is 13.4. The maximum atomic E-state index is 6.16. The van der Waals surface area contributed by atoms with Crippen LogP contribution in [0.5, 0.6) is 5.88 Å². The highest BCUT2D eigenvalue weighted by molar-refractivity contribution is 7.15. The number of pyridine rings is 1. The molecule has 0 unspecified atom stereocenters. The molecular formula is C13H17ClN4OS. The van der Waals surface area contributed by atoms with Gasteiger partial charge in [0.25, 0.3) is 0 Å². The van der Waals surface area contributed by atoms with Crippen LogP contribution in [0.4, 0.5) is 5.13 Å². The zero-order valence-electron chi connectivity index (χ0n) is 11.7. The summed E-state index contributed by atoms with van der Waals surface area (Å²) in [6.07, 6.45) is 1.75. The number of ether oxygens (including phenoxy) is 1. The van der Waals surface area contributed by atoms with Gasteiger partial charge in [-0.25, -0.2) is 4.98 Å². The first-order chi connectivity index (χ1) is 9.54. The highest BCUT2D eigenvalue weighted by Gasteiger charge is 2.07. The zero-order valence-corrected chi connectivity index (χ0v) is 13.3. The highest BCUT2D eigenvalue weighted by atomic mass is 35.5. The molecule has 0 radical (unpaired) electrons. The lowest BCUT2D eigenvalue weighted by atomic mass is 10.2. The molecule has 0 amide bonds. The summed E-state index contributed by atoms with van der Waals surface area (Å²) in [5.41, 5.74) is 0.972. The summed E-state index contributed by atoms with van der Waals surface area (Å²) in [5.74, 6) is 0.922. The molecule has 0 aliphatic rings. The monoisotopic (exact) mass is 312 g/mol. The number of aromatic nitrogens is 3. The van der Waals surface area contributed by atoms with Crippen LogP contribution >= 0.6 is 22.9 Å². The van der Waals surface area contributed by atoms with Crippen molar-refractivity contribution >= 4 is 28.1 Å². The first-order valence-electron chi connectivity index (χ1n) is 6.36. The van der Waals surface area contributed by atoms with E-state index in [9.17, 15) is 0 Å². The number of nitrogens with one attached hydrogen (secondary N) is 1. The maximum absolute atomic E-state index is 6.16. The van der Waals surface area contributed by atoms with Gasteiger partial charge in [0.05, 0.1) is 6.61 Å². The first-order valence-corrected chi connectivity index (χ1v) is 7.55. The molecule has 5 nitrogen and oxygen atoms in total. The number of hydrogen-bond donors (Lipinski definition) is 1. The van der Waals surface area contributed by atoms with E-state index in [2.05, 4.69) is 34.3 Å². The summed E-state index contributed by atoms with van der Waals surface area (Å²) in [6.45, 7) is 7.29. The largest absolute Gasteiger partial charge is 0.476 e. The van der Waals surface area contributed by atoms with Gasteiger partial charge in [-0.15, -0.1) is 10.2 Å². The molecule has 0 bridgehead atoms. The molecule has 2 heterocycles. The van der Waals surface area contributed by atoms with Gasteiger partial charge in [-0.05, 0) is 24.5 Å². The molecule has 1 N–H and O–H groups in total. The van der Waals surface area contributed by atoms with Crippen LogP contribution in [0.15, 0.2) is 12.3 Å². The van der Waals surface area contributed by atoms with Crippen molar-refractivity contribution in [3.63, 3.8) is 0 Å². The second-order valence-corrected chi connectivity index (χ2v) is 6.40. The van der Waals surface area contributed by atoms with E-state index in [1.54, 1.807) is 6.20 Å². The topological polar surface area (TPSA) is 59.9 Å². The molecule has 0 aliphatic heterocycles. The number of halogens is 1. The van der Waals surface area contributed by atoms with E-state index < -0.39 is 0 Å². The van der Waals surface area contributed by atoms with E-state index in [1.807, 2.05) is 13.0 Å². The Morgan fingerprint density at radius 2 is 2.20 bits per heavy atom. The van der Waals surface area contributed by atoms with Gasteiger partial charge in [-0.2, -0.15) is 0 Å². The van der Waals surface area contributed by atoms with Gasteiger partial charge in [0.2, 0.25) is 11.0 Å². The molecule has 108 valence electrons. The van der Waals surface area contributed by atoms with E-state index in [0.29, 0.717) is 30.0 Å². The predicted molar refractivity (Wildman–Crippen MR) is 81.6 cm³/mol. The van der Waals surface area contributed by atoms with Crippen molar-refractivity contribution in [2.45, 2.75) is 27.3 Å². The van der Waals surface area contributed by atoms with Crippen molar-refractivity contribution in [3.8, 4) is 5.88 Å². The smallest absolute Gasteiger partial charge is 0.232 e. The van der Waals surface area contributed by atoms with Crippen molar-refractivity contribution in [1.29, 1.82) is 0 Å². The molecule has 0 saturated heterocycles. The normalized spacial score (nSPS) is 10.8. The third-order valence-electron chi connectivity index (χ3n) is 2.39. The third-order valence-corrected chi connectivity index (χ3v) is 3.45. The Morgan fingerprint density at radius 3 is 2.80 bits per heavy atom. The van der Waals surface area contributed by atoms with Crippen LogP contribution in [0.2, 0.25) is 5.02 Å². The fourth-order valence-electron chi connectivity index (χ4n) is 1.46. The van der Waals surface area contributed by atoms with Gasteiger partial charge in [0.1, 0.15) is 10.0 Å². The number of rotatable bonds is 6. The van der Waals surface area contributed by atoms with Crippen LogP contribution in [0.1, 0.15) is 24.4 Å². The number of anilines is 1. The molecule has 2 rings (SSSR count). The van der Waals surface area contributed by atoms with Crippen LogP contribution in [0.3, 0.4) is 0 Å². The minimum atomic E-state index is 0.440. The van der Waals surface area contributed by atoms with Gasteiger partial charge < -0.3 is 10.1 Å². The van der Waals surface area contributed by atoms with Crippen LogP contribution in [0.25, 0.3) is 0 Å². The molecule has 0 spiro atoms. The van der Waals surface area contributed by atoms with E-state index >= 15 is 0 Å². The van der Waals surface area contributed by atoms with Crippen LogP contribution in [-0.4, -0.2) is 21.8 Å². The maximum Gasteiger partial charge on any atom is 0.232 e. The molecule has 0 aromatic carbocycles. The molecule has 2 aromatic rings. The molecule has 2 aromatic heterocycles. The summed E-state index contributed by atoms with van der Waals surface area (Å²) in [7, 11) is 0. The molecular weight excluding hydrogens is 296 g/mol. The third kappa shape index (κ3) is 4.31. The second-order valence-electron chi connectivity index (χ2n) is 4.82. The fraction of sp³-hybridized carbons (Fsp3) is 0.462. The van der Waals surface area contributed by atoms with Crippen molar-refractivity contribution < 1.29 is 4.74 Å². The van der Waals surface area contributed by atoms with Crippen LogP contribution in [0, 0.1) is 12.8 Å². The Kier molecular flexibility index (Phi) is 5.14. The molecule has 0 aliphatic carbocycles. The second kappa shape index (κ2) is 6.85. The summed E-state index contributed by atoms with van der Waals surface area (Å²) >= 11 is 7.67. The van der Waals surface area contributed by atoms with Crippen molar-refractivity contribution in [2.75, 3.05) is 11.9 Å². The van der Waals surface area contributed by atoms with Gasteiger partial charge in [-0.3, -0.25) is 0 Å². The lowest BCUT2D eigenvalue weighted by Crippen LogP contribution is -2.07. The molecule has 0 saturated carbocycles. The van der Waals surface area contributed by atoms with E-state index in [0.717, 1.165) is 15.7 Å². The van der Waals surface area contributed by atoms with Crippen molar-refractivity contribution in [3.05, 3.63) is 27.9 Å². The van der Waals surface area contributed by atoms with Gasteiger partial charge in [-0.1, -0.05) is 36.8 Å². The number of hydrogen-bond acceptors (Lipinski definition) is 6.